The second-order valence-corrected chi connectivity index (χ2v) is 8.07. The van der Waals surface area contributed by atoms with E-state index in [2.05, 4.69) is 5.32 Å². The predicted octanol–water partition coefficient (Wildman–Crippen LogP) is 3.69. The van der Waals surface area contributed by atoms with Crippen molar-refractivity contribution in [1.82, 2.24) is 4.90 Å². The van der Waals surface area contributed by atoms with E-state index in [0.717, 1.165) is 16.7 Å². The second kappa shape index (κ2) is 10.6. The zero-order chi connectivity index (χ0) is 23.1. The van der Waals surface area contributed by atoms with Crippen LogP contribution in [0, 0.1) is 0 Å². The molecule has 1 N–H and O–H groups in total. The van der Waals surface area contributed by atoms with Gasteiger partial charge in [-0.1, -0.05) is 30.3 Å². The van der Waals surface area contributed by atoms with E-state index >= 15 is 0 Å². The van der Waals surface area contributed by atoms with E-state index in [-0.39, 0.29) is 23.5 Å². The maximum absolute atomic E-state index is 12.5. The van der Waals surface area contributed by atoms with Crippen molar-refractivity contribution in [2.45, 2.75) is 20.0 Å². The van der Waals surface area contributed by atoms with Gasteiger partial charge in [0.15, 0.2) is 6.61 Å². The number of hydrogen-bond donors (Lipinski definition) is 1. The molecule has 8 nitrogen and oxygen atoms in total. The van der Waals surface area contributed by atoms with Crippen molar-refractivity contribution in [3.63, 3.8) is 0 Å². The van der Waals surface area contributed by atoms with Crippen molar-refractivity contribution < 1.29 is 28.7 Å². The zero-order valence-corrected chi connectivity index (χ0v) is 18.4. The van der Waals surface area contributed by atoms with Crippen LogP contribution in [0.15, 0.2) is 59.5 Å². The molecule has 32 heavy (non-hydrogen) atoms. The predicted molar refractivity (Wildman–Crippen MR) is 121 cm³/mol. The summed E-state index contributed by atoms with van der Waals surface area (Å²) >= 11 is 0.763. The minimum Gasteiger partial charge on any atom is -0.484 e. The summed E-state index contributed by atoms with van der Waals surface area (Å²) in [7, 11) is 0. The molecule has 0 aliphatic carbocycles. The van der Waals surface area contributed by atoms with Gasteiger partial charge in [0.1, 0.15) is 12.3 Å². The van der Waals surface area contributed by atoms with Crippen molar-refractivity contribution in [1.29, 1.82) is 0 Å². The van der Waals surface area contributed by atoms with Gasteiger partial charge in [-0.3, -0.25) is 24.1 Å². The molecule has 2 aromatic rings. The Labute approximate surface area is 189 Å². The Morgan fingerprint density at radius 2 is 1.75 bits per heavy atom. The molecule has 0 saturated carbocycles. The van der Waals surface area contributed by atoms with Crippen LogP contribution in [-0.4, -0.2) is 47.2 Å². The molecule has 3 rings (SSSR count). The highest BCUT2D eigenvalue weighted by atomic mass is 32.2. The van der Waals surface area contributed by atoms with Crippen molar-refractivity contribution in [3.8, 4) is 5.75 Å². The molecule has 9 heteroatoms. The van der Waals surface area contributed by atoms with E-state index < -0.39 is 23.7 Å². The molecule has 0 atom stereocenters. The molecule has 0 spiro atoms. The number of rotatable bonds is 8. The van der Waals surface area contributed by atoms with Crippen LogP contribution in [0.3, 0.4) is 0 Å². The fraction of sp³-hybridized carbons (Fsp3) is 0.217. The number of benzene rings is 2. The average molecular weight is 455 g/mol. The van der Waals surface area contributed by atoms with Crippen LogP contribution in [0.5, 0.6) is 5.75 Å². The number of para-hydroxylation sites is 1. The molecule has 0 radical (unpaired) electrons. The van der Waals surface area contributed by atoms with Gasteiger partial charge in [0, 0.05) is 5.69 Å². The fourth-order valence-electron chi connectivity index (χ4n) is 2.74. The number of anilines is 1. The molecule has 1 fully saturated rings. The number of nitrogens with zero attached hydrogens (tertiary/aromatic N) is 1. The van der Waals surface area contributed by atoms with Gasteiger partial charge >= 0.3 is 5.97 Å². The Hall–Kier alpha value is -3.59. The Morgan fingerprint density at radius 3 is 2.41 bits per heavy atom. The Morgan fingerprint density at radius 1 is 1.06 bits per heavy atom. The van der Waals surface area contributed by atoms with Crippen LogP contribution < -0.4 is 10.1 Å². The van der Waals surface area contributed by atoms with Crippen LogP contribution >= 0.6 is 11.8 Å². The average Bonchev–Trinajstić information content (AvgIpc) is 3.01. The lowest BCUT2D eigenvalue weighted by Gasteiger charge is -2.13. The van der Waals surface area contributed by atoms with E-state index in [1.165, 1.54) is 0 Å². The van der Waals surface area contributed by atoms with Crippen LogP contribution in [0.4, 0.5) is 10.5 Å². The number of amides is 3. The summed E-state index contributed by atoms with van der Waals surface area (Å²) in [5, 5.41) is 2.20. The number of esters is 1. The maximum atomic E-state index is 12.5. The minimum absolute atomic E-state index is 0.153. The maximum Gasteiger partial charge on any atom is 0.326 e. The van der Waals surface area contributed by atoms with Gasteiger partial charge in [0.25, 0.3) is 17.1 Å². The van der Waals surface area contributed by atoms with E-state index in [9.17, 15) is 19.2 Å². The number of ether oxygens (including phenoxy) is 2. The summed E-state index contributed by atoms with van der Waals surface area (Å²) in [6.07, 6.45) is 1.23. The first-order valence-corrected chi connectivity index (χ1v) is 10.7. The first-order chi connectivity index (χ1) is 15.3. The third-order valence-electron chi connectivity index (χ3n) is 4.13. The van der Waals surface area contributed by atoms with Gasteiger partial charge in [-0.25, -0.2) is 0 Å². The third-order valence-corrected chi connectivity index (χ3v) is 5.04. The number of nitrogens with one attached hydrogen (secondary N) is 1. The quantitative estimate of drug-likeness (QED) is 0.479. The van der Waals surface area contributed by atoms with Crippen LogP contribution in [0.25, 0.3) is 6.08 Å². The topological polar surface area (TPSA) is 102 Å². The normalized spacial score (nSPS) is 14.7. The first-order valence-electron chi connectivity index (χ1n) is 9.84. The van der Waals surface area contributed by atoms with Crippen LogP contribution in [0.1, 0.15) is 19.4 Å². The van der Waals surface area contributed by atoms with Gasteiger partial charge in [-0.2, -0.15) is 0 Å². The van der Waals surface area contributed by atoms with Crippen molar-refractivity contribution in [2.75, 3.05) is 18.5 Å². The molecule has 0 aromatic heterocycles. The molecule has 0 bridgehead atoms. The monoisotopic (exact) mass is 454 g/mol. The highest BCUT2D eigenvalue weighted by Gasteiger charge is 2.36. The molecule has 3 amide bonds. The zero-order valence-electron chi connectivity index (χ0n) is 17.6. The van der Waals surface area contributed by atoms with Crippen molar-refractivity contribution in [3.05, 3.63) is 65.1 Å². The molecule has 1 aliphatic heterocycles. The van der Waals surface area contributed by atoms with E-state index in [1.54, 1.807) is 56.3 Å². The summed E-state index contributed by atoms with van der Waals surface area (Å²) in [6.45, 7) is 2.81. The number of thioether (sulfide) groups is 1. The molecule has 166 valence electrons. The Balaban J connectivity index is 1.55. The number of imide groups is 1. The van der Waals surface area contributed by atoms with E-state index in [0.29, 0.717) is 17.0 Å². The highest BCUT2D eigenvalue weighted by Crippen LogP contribution is 2.32. The standard InChI is InChI=1S/C23H22N2O6S/c1-15(2)31-21(27)13-25-22(28)19(32-23(25)29)12-16-8-10-18(11-9-16)30-14-20(26)24-17-6-4-3-5-7-17/h3-12,15H,13-14H2,1-2H3,(H,24,26)/b19-12+. The number of carbonyl (C=O) groups excluding carboxylic acids is 4. The molecule has 1 aliphatic rings. The lowest BCUT2D eigenvalue weighted by atomic mass is 10.2. The minimum atomic E-state index is -0.638. The van der Waals surface area contributed by atoms with Crippen molar-refractivity contribution >= 4 is 46.5 Å². The van der Waals surface area contributed by atoms with Gasteiger partial charge in [-0.05, 0) is 61.5 Å². The van der Waals surface area contributed by atoms with Crippen LogP contribution in [-0.2, 0) is 19.1 Å². The lowest BCUT2D eigenvalue weighted by Crippen LogP contribution is -2.35. The molecule has 2 aromatic carbocycles. The summed E-state index contributed by atoms with van der Waals surface area (Å²) in [5.41, 5.74) is 1.35. The second-order valence-electron chi connectivity index (χ2n) is 7.08. The Bertz CT molecular complexity index is 1030. The van der Waals surface area contributed by atoms with Crippen LogP contribution in [0.2, 0.25) is 0 Å². The largest absolute Gasteiger partial charge is 0.484 e. The van der Waals surface area contributed by atoms with Gasteiger partial charge in [-0.15, -0.1) is 0 Å². The lowest BCUT2D eigenvalue weighted by molar-refractivity contribution is -0.149. The molecular weight excluding hydrogens is 432 g/mol. The van der Waals surface area contributed by atoms with Gasteiger partial charge in [0.05, 0.1) is 11.0 Å². The first kappa shape index (κ1) is 23.1. The third kappa shape index (κ3) is 6.45. The van der Waals surface area contributed by atoms with Gasteiger partial charge in [0.2, 0.25) is 0 Å². The fourth-order valence-corrected chi connectivity index (χ4v) is 3.58. The SMILES string of the molecule is CC(C)OC(=O)CN1C(=O)S/C(=C/c2ccc(OCC(=O)Nc3ccccc3)cc2)C1=O. The van der Waals surface area contributed by atoms with E-state index in [1.807, 2.05) is 18.2 Å². The van der Waals surface area contributed by atoms with Crippen molar-refractivity contribution in [2.24, 2.45) is 0 Å². The smallest absolute Gasteiger partial charge is 0.326 e. The summed E-state index contributed by atoms with van der Waals surface area (Å²) in [4.78, 5) is 49.4. The van der Waals surface area contributed by atoms with E-state index in [4.69, 9.17) is 9.47 Å². The number of carbonyl (C=O) groups is 4. The number of hydrogen-bond acceptors (Lipinski definition) is 7. The molecular formula is C23H22N2O6S. The Kier molecular flexibility index (Phi) is 7.67. The molecule has 1 heterocycles. The summed E-state index contributed by atoms with van der Waals surface area (Å²) in [5.74, 6) is -0.986. The molecule has 0 unspecified atom stereocenters. The molecule has 1 saturated heterocycles. The summed E-state index contributed by atoms with van der Waals surface area (Å²) < 4.78 is 10.5. The van der Waals surface area contributed by atoms with Gasteiger partial charge < -0.3 is 14.8 Å². The highest BCUT2D eigenvalue weighted by molar-refractivity contribution is 8.18. The summed E-state index contributed by atoms with van der Waals surface area (Å²) in [6, 6.07) is 15.8.